The SMILES string of the molecule is Cn1ccc2c(C3(C(C)(C)N)CC3)cccc21. The fourth-order valence-corrected chi connectivity index (χ4v) is 3.11. The van der Waals surface area contributed by atoms with Crippen LogP contribution in [-0.2, 0) is 12.5 Å². The van der Waals surface area contributed by atoms with Crippen LogP contribution in [0.5, 0.6) is 0 Å². The molecule has 0 saturated heterocycles. The number of fused-ring (bicyclic) bond motifs is 1. The number of rotatable bonds is 2. The molecule has 17 heavy (non-hydrogen) atoms. The maximum Gasteiger partial charge on any atom is 0.0480 e. The highest BCUT2D eigenvalue weighted by Crippen LogP contribution is 2.56. The van der Waals surface area contributed by atoms with E-state index in [0.717, 1.165) is 0 Å². The highest BCUT2D eigenvalue weighted by Gasteiger charge is 2.54. The molecule has 1 aliphatic carbocycles. The minimum absolute atomic E-state index is 0.142. The lowest BCUT2D eigenvalue weighted by Gasteiger charge is -2.31. The molecule has 2 N–H and O–H groups in total. The zero-order valence-corrected chi connectivity index (χ0v) is 10.8. The molecule has 0 radical (unpaired) electrons. The van der Waals surface area contributed by atoms with Gasteiger partial charge in [0.15, 0.2) is 0 Å². The van der Waals surface area contributed by atoms with Crippen molar-refractivity contribution in [2.24, 2.45) is 12.8 Å². The number of hydrogen-bond donors (Lipinski definition) is 1. The molecule has 1 aromatic carbocycles. The smallest absolute Gasteiger partial charge is 0.0480 e. The molecule has 1 aliphatic rings. The Bertz CT molecular complexity index is 568. The standard InChI is InChI=1S/C15H20N2/c1-14(2,16)15(8-9-15)12-5-4-6-13-11(12)7-10-17(13)3/h4-7,10H,8-9,16H2,1-3H3. The number of benzene rings is 1. The van der Waals surface area contributed by atoms with E-state index in [0.29, 0.717) is 0 Å². The molecule has 1 heterocycles. The summed E-state index contributed by atoms with van der Waals surface area (Å²) in [5.74, 6) is 0. The van der Waals surface area contributed by atoms with Crippen LogP contribution in [0.1, 0.15) is 32.3 Å². The Morgan fingerprint density at radius 2 is 1.94 bits per heavy atom. The Morgan fingerprint density at radius 1 is 1.24 bits per heavy atom. The zero-order chi connectivity index (χ0) is 12.3. The van der Waals surface area contributed by atoms with Gasteiger partial charge in [-0.15, -0.1) is 0 Å². The van der Waals surface area contributed by atoms with E-state index in [1.807, 2.05) is 0 Å². The molecule has 1 saturated carbocycles. The molecule has 2 nitrogen and oxygen atoms in total. The Morgan fingerprint density at radius 3 is 2.53 bits per heavy atom. The van der Waals surface area contributed by atoms with Crippen LogP contribution < -0.4 is 5.73 Å². The average molecular weight is 228 g/mol. The first kappa shape index (κ1) is 10.8. The molecule has 1 fully saturated rings. The van der Waals surface area contributed by atoms with Crippen molar-refractivity contribution in [3.63, 3.8) is 0 Å². The largest absolute Gasteiger partial charge is 0.351 e. The van der Waals surface area contributed by atoms with E-state index < -0.39 is 0 Å². The van der Waals surface area contributed by atoms with Gasteiger partial charge < -0.3 is 10.3 Å². The summed E-state index contributed by atoms with van der Waals surface area (Å²) in [6.07, 6.45) is 4.56. The first-order chi connectivity index (χ1) is 7.96. The quantitative estimate of drug-likeness (QED) is 0.841. The van der Waals surface area contributed by atoms with Gasteiger partial charge in [0.25, 0.3) is 0 Å². The van der Waals surface area contributed by atoms with Gasteiger partial charge in [-0.1, -0.05) is 12.1 Å². The number of aromatic nitrogens is 1. The van der Waals surface area contributed by atoms with Gasteiger partial charge in [0.05, 0.1) is 0 Å². The second-order valence-electron chi connectivity index (χ2n) is 5.97. The third kappa shape index (κ3) is 1.37. The highest BCUT2D eigenvalue weighted by molar-refractivity contribution is 5.85. The van der Waals surface area contributed by atoms with Crippen LogP contribution in [0.2, 0.25) is 0 Å². The van der Waals surface area contributed by atoms with Gasteiger partial charge in [-0.05, 0) is 44.4 Å². The fourth-order valence-electron chi connectivity index (χ4n) is 3.11. The second-order valence-corrected chi connectivity index (χ2v) is 5.97. The lowest BCUT2D eigenvalue weighted by Crippen LogP contribution is -2.45. The second kappa shape index (κ2) is 3.14. The maximum atomic E-state index is 6.40. The Labute approximate surface area is 102 Å². The third-order valence-corrected chi connectivity index (χ3v) is 4.43. The Kier molecular flexibility index (Phi) is 2.00. The van der Waals surface area contributed by atoms with Gasteiger partial charge in [-0.25, -0.2) is 0 Å². The molecule has 3 rings (SSSR count). The molecule has 1 aromatic heterocycles. The average Bonchev–Trinajstić information content (AvgIpc) is 2.99. The molecule has 0 bridgehead atoms. The van der Waals surface area contributed by atoms with E-state index >= 15 is 0 Å². The van der Waals surface area contributed by atoms with Crippen molar-refractivity contribution in [1.29, 1.82) is 0 Å². The summed E-state index contributed by atoms with van der Waals surface area (Å²) < 4.78 is 2.18. The van der Waals surface area contributed by atoms with Gasteiger partial charge in [0, 0.05) is 35.1 Å². The monoisotopic (exact) mass is 228 g/mol. The molecular formula is C15H20N2. The molecular weight excluding hydrogens is 208 g/mol. The van der Waals surface area contributed by atoms with Crippen LogP contribution in [0.3, 0.4) is 0 Å². The number of hydrogen-bond acceptors (Lipinski definition) is 1. The molecule has 2 heteroatoms. The van der Waals surface area contributed by atoms with Crippen molar-refractivity contribution in [3.8, 4) is 0 Å². The summed E-state index contributed by atoms with van der Waals surface area (Å²) in [7, 11) is 2.10. The molecule has 0 unspecified atom stereocenters. The predicted octanol–water partition coefficient (Wildman–Crippen LogP) is 2.95. The lowest BCUT2D eigenvalue weighted by molar-refractivity contribution is 0.394. The summed E-state index contributed by atoms with van der Waals surface area (Å²) >= 11 is 0. The minimum Gasteiger partial charge on any atom is -0.351 e. The third-order valence-electron chi connectivity index (χ3n) is 4.43. The van der Waals surface area contributed by atoms with Crippen LogP contribution in [-0.4, -0.2) is 10.1 Å². The van der Waals surface area contributed by atoms with Crippen LogP contribution in [0.4, 0.5) is 0 Å². The van der Waals surface area contributed by atoms with Crippen LogP contribution in [0.25, 0.3) is 10.9 Å². The number of nitrogens with two attached hydrogens (primary N) is 1. The number of nitrogens with zero attached hydrogens (tertiary/aromatic N) is 1. The van der Waals surface area contributed by atoms with Crippen molar-refractivity contribution in [3.05, 3.63) is 36.0 Å². The molecule has 0 atom stereocenters. The molecule has 0 spiro atoms. The lowest BCUT2D eigenvalue weighted by atomic mass is 9.78. The van der Waals surface area contributed by atoms with Crippen molar-refractivity contribution >= 4 is 10.9 Å². The van der Waals surface area contributed by atoms with Crippen molar-refractivity contribution in [2.75, 3.05) is 0 Å². The van der Waals surface area contributed by atoms with Crippen molar-refractivity contribution < 1.29 is 0 Å². The van der Waals surface area contributed by atoms with E-state index in [4.69, 9.17) is 5.73 Å². The van der Waals surface area contributed by atoms with Crippen molar-refractivity contribution in [1.82, 2.24) is 4.57 Å². The molecule has 0 amide bonds. The van der Waals surface area contributed by atoms with Gasteiger partial charge in [-0.3, -0.25) is 0 Å². The molecule has 90 valence electrons. The maximum absolute atomic E-state index is 6.40. The Balaban J connectivity index is 2.25. The fraction of sp³-hybridized carbons (Fsp3) is 0.467. The summed E-state index contributed by atoms with van der Waals surface area (Å²) in [6, 6.07) is 8.81. The van der Waals surface area contributed by atoms with Crippen molar-refractivity contribution in [2.45, 2.75) is 37.6 Å². The normalized spacial score (nSPS) is 18.6. The van der Waals surface area contributed by atoms with E-state index in [-0.39, 0.29) is 11.0 Å². The Hall–Kier alpha value is -1.28. The summed E-state index contributed by atoms with van der Waals surface area (Å²) in [5, 5.41) is 1.37. The van der Waals surface area contributed by atoms with E-state index in [9.17, 15) is 0 Å². The molecule has 2 aromatic rings. The van der Waals surface area contributed by atoms with E-state index in [2.05, 4.69) is 55.9 Å². The topological polar surface area (TPSA) is 30.9 Å². The van der Waals surface area contributed by atoms with Crippen LogP contribution >= 0.6 is 0 Å². The van der Waals surface area contributed by atoms with Crippen LogP contribution in [0.15, 0.2) is 30.5 Å². The van der Waals surface area contributed by atoms with Gasteiger partial charge in [0.1, 0.15) is 0 Å². The first-order valence-corrected chi connectivity index (χ1v) is 6.29. The van der Waals surface area contributed by atoms with Gasteiger partial charge in [0.2, 0.25) is 0 Å². The summed E-state index contributed by atoms with van der Waals surface area (Å²) in [6.45, 7) is 4.31. The van der Waals surface area contributed by atoms with E-state index in [1.165, 1.54) is 29.3 Å². The van der Waals surface area contributed by atoms with Gasteiger partial charge >= 0.3 is 0 Å². The molecule has 0 aliphatic heterocycles. The van der Waals surface area contributed by atoms with E-state index in [1.54, 1.807) is 0 Å². The minimum atomic E-state index is -0.142. The summed E-state index contributed by atoms with van der Waals surface area (Å²) in [4.78, 5) is 0. The summed E-state index contributed by atoms with van der Waals surface area (Å²) in [5.41, 5.74) is 9.18. The van der Waals surface area contributed by atoms with Crippen LogP contribution in [0, 0.1) is 0 Å². The van der Waals surface area contributed by atoms with Gasteiger partial charge in [-0.2, -0.15) is 0 Å². The zero-order valence-electron chi connectivity index (χ0n) is 10.8. The highest BCUT2D eigenvalue weighted by atomic mass is 14.9. The number of aryl methyl sites for hydroxylation is 1. The first-order valence-electron chi connectivity index (χ1n) is 6.29. The predicted molar refractivity (Wildman–Crippen MR) is 72.1 cm³/mol.